The Labute approximate surface area is 178 Å². The Balaban J connectivity index is 1.41. The van der Waals surface area contributed by atoms with E-state index >= 15 is 0 Å². The monoisotopic (exact) mass is 406 g/mol. The zero-order valence-electron chi connectivity index (χ0n) is 17.7. The first-order valence-corrected chi connectivity index (χ1v) is 10.6. The number of rotatable bonds is 5. The topological polar surface area (TPSA) is 68.7 Å². The van der Waals surface area contributed by atoms with Crippen molar-refractivity contribution in [1.82, 2.24) is 15.1 Å². The van der Waals surface area contributed by atoms with Crippen LogP contribution < -0.4 is 10.1 Å². The molecule has 6 nitrogen and oxygen atoms in total. The molecule has 1 unspecified atom stereocenters. The summed E-state index contributed by atoms with van der Waals surface area (Å²) < 4.78 is 5.98. The van der Waals surface area contributed by atoms with Crippen molar-refractivity contribution in [2.24, 2.45) is 5.92 Å². The van der Waals surface area contributed by atoms with Crippen molar-refractivity contribution >= 4 is 11.9 Å². The van der Waals surface area contributed by atoms with Gasteiger partial charge in [-0.05, 0) is 62.1 Å². The first kappa shape index (κ1) is 20.4. The molecule has 2 heterocycles. The first-order chi connectivity index (χ1) is 14.4. The van der Waals surface area contributed by atoms with E-state index in [1.165, 1.54) is 10.5 Å². The van der Waals surface area contributed by atoms with Crippen LogP contribution >= 0.6 is 0 Å². The molecule has 0 aliphatic carbocycles. The lowest BCUT2D eigenvalue weighted by atomic mass is 9.76. The number of benzene rings is 2. The smallest absolute Gasteiger partial charge is 0.231 e. The van der Waals surface area contributed by atoms with Gasteiger partial charge < -0.3 is 10.1 Å². The van der Waals surface area contributed by atoms with E-state index in [-0.39, 0.29) is 17.4 Å². The molecule has 1 amide bonds. The number of ether oxygens (including phenoxy) is 1. The minimum Gasteiger partial charge on any atom is -0.457 e. The summed E-state index contributed by atoms with van der Waals surface area (Å²) in [6, 6.07) is 18.1. The van der Waals surface area contributed by atoms with Crippen LogP contribution in [-0.2, 0) is 11.3 Å². The Morgan fingerprint density at radius 3 is 2.70 bits per heavy atom. The molecular formula is C24H30N4O2. The lowest BCUT2D eigenvalue weighted by Crippen LogP contribution is -2.64. The van der Waals surface area contributed by atoms with Gasteiger partial charge in [0.05, 0.1) is 12.0 Å². The number of nitrogens with zero attached hydrogens (tertiary/aromatic N) is 2. The minimum atomic E-state index is -0.363. The predicted molar refractivity (Wildman–Crippen MR) is 118 cm³/mol. The Morgan fingerprint density at radius 1 is 1.17 bits per heavy atom. The Morgan fingerprint density at radius 2 is 1.93 bits per heavy atom. The fraction of sp³-hybridized carbons (Fsp3) is 0.417. The molecular weight excluding hydrogens is 376 g/mol. The molecule has 2 saturated heterocycles. The SMILES string of the molecule is CN1C(=N)N[C@](C)(C2CCCN(Cc3cccc(Oc4ccccc4)c3)C2)CC1=O. The second-order valence-electron chi connectivity index (χ2n) is 8.66. The number of hydrogen-bond acceptors (Lipinski definition) is 4. The van der Waals surface area contributed by atoms with Crippen LogP contribution in [0.25, 0.3) is 0 Å². The zero-order valence-corrected chi connectivity index (χ0v) is 17.7. The number of piperidine rings is 1. The van der Waals surface area contributed by atoms with E-state index in [2.05, 4.69) is 29.3 Å². The molecule has 30 heavy (non-hydrogen) atoms. The Bertz CT molecular complexity index is 896. The van der Waals surface area contributed by atoms with Gasteiger partial charge >= 0.3 is 0 Å². The summed E-state index contributed by atoms with van der Waals surface area (Å²) in [5, 5.41) is 11.4. The van der Waals surface area contributed by atoms with Crippen molar-refractivity contribution in [2.45, 2.75) is 38.3 Å². The molecule has 2 atom stereocenters. The van der Waals surface area contributed by atoms with E-state index in [4.69, 9.17) is 10.1 Å². The van der Waals surface area contributed by atoms with E-state index in [0.717, 1.165) is 44.0 Å². The Kier molecular flexibility index (Phi) is 5.77. The highest BCUT2D eigenvalue weighted by atomic mass is 16.5. The van der Waals surface area contributed by atoms with Gasteiger partial charge in [-0.25, -0.2) is 0 Å². The van der Waals surface area contributed by atoms with E-state index in [1.54, 1.807) is 7.05 Å². The van der Waals surface area contributed by atoms with Crippen molar-refractivity contribution in [3.8, 4) is 11.5 Å². The first-order valence-electron chi connectivity index (χ1n) is 10.6. The number of carbonyl (C=O) groups is 1. The van der Waals surface area contributed by atoms with E-state index in [1.807, 2.05) is 42.5 Å². The van der Waals surface area contributed by atoms with E-state index < -0.39 is 0 Å². The van der Waals surface area contributed by atoms with Crippen LogP contribution in [-0.4, -0.2) is 47.3 Å². The van der Waals surface area contributed by atoms with Gasteiger partial charge in [0, 0.05) is 20.1 Å². The third-order valence-electron chi connectivity index (χ3n) is 6.32. The van der Waals surface area contributed by atoms with E-state index in [9.17, 15) is 4.79 Å². The van der Waals surface area contributed by atoms with Gasteiger partial charge in [-0.1, -0.05) is 30.3 Å². The lowest BCUT2D eigenvalue weighted by molar-refractivity contribution is -0.130. The molecule has 0 bridgehead atoms. The molecule has 2 fully saturated rings. The van der Waals surface area contributed by atoms with Crippen molar-refractivity contribution < 1.29 is 9.53 Å². The fourth-order valence-corrected chi connectivity index (χ4v) is 4.51. The average Bonchev–Trinajstić information content (AvgIpc) is 2.73. The standard InChI is InChI=1S/C24H30N4O2/c1-24(15-22(29)27(2)23(25)26-24)19-9-7-13-28(17-19)16-18-8-6-12-21(14-18)30-20-10-4-3-5-11-20/h3-6,8,10-12,14,19H,7,9,13,15-17H2,1-2H3,(H2,25,26)/t19?,24-/m0/s1. The zero-order chi connectivity index (χ0) is 21.1. The quantitative estimate of drug-likeness (QED) is 0.792. The second kappa shape index (κ2) is 8.48. The molecule has 2 aliphatic rings. The van der Waals surface area contributed by atoms with Gasteiger partial charge in [-0.2, -0.15) is 0 Å². The van der Waals surface area contributed by atoms with Crippen LogP contribution in [0.1, 0.15) is 31.7 Å². The maximum Gasteiger partial charge on any atom is 0.231 e. The number of guanidine groups is 1. The Hall–Kier alpha value is -2.86. The maximum absolute atomic E-state index is 12.3. The molecule has 4 rings (SSSR count). The largest absolute Gasteiger partial charge is 0.457 e. The molecule has 0 saturated carbocycles. The number of carbonyl (C=O) groups excluding carboxylic acids is 1. The minimum absolute atomic E-state index is 0.0177. The number of likely N-dealkylation sites (tertiary alicyclic amines) is 1. The highest BCUT2D eigenvalue weighted by Gasteiger charge is 2.43. The highest BCUT2D eigenvalue weighted by molar-refractivity contribution is 5.98. The molecule has 0 aromatic heterocycles. The molecule has 2 aromatic carbocycles. The third kappa shape index (κ3) is 4.49. The van der Waals surface area contributed by atoms with Gasteiger partial charge in [0.25, 0.3) is 0 Å². The lowest BCUT2D eigenvalue weighted by Gasteiger charge is -2.47. The van der Waals surface area contributed by atoms with Crippen LogP contribution in [0, 0.1) is 11.3 Å². The van der Waals surface area contributed by atoms with Crippen molar-refractivity contribution in [3.63, 3.8) is 0 Å². The second-order valence-corrected chi connectivity index (χ2v) is 8.66. The average molecular weight is 407 g/mol. The van der Waals surface area contributed by atoms with Crippen LogP contribution in [0.5, 0.6) is 11.5 Å². The molecule has 6 heteroatoms. The molecule has 2 aromatic rings. The molecule has 2 N–H and O–H groups in total. The molecule has 2 aliphatic heterocycles. The number of para-hydroxylation sites is 1. The molecule has 0 radical (unpaired) electrons. The number of nitrogens with one attached hydrogen (secondary N) is 2. The van der Waals surface area contributed by atoms with Crippen LogP contribution in [0.4, 0.5) is 0 Å². The van der Waals surface area contributed by atoms with E-state index in [0.29, 0.717) is 12.3 Å². The number of hydrogen-bond donors (Lipinski definition) is 2. The third-order valence-corrected chi connectivity index (χ3v) is 6.32. The fourth-order valence-electron chi connectivity index (χ4n) is 4.51. The summed E-state index contributed by atoms with van der Waals surface area (Å²) in [5.41, 5.74) is 0.854. The van der Waals surface area contributed by atoms with Crippen molar-refractivity contribution in [2.75, 3.05) is 20.1 Å². The van der Waals surface area contributed by atoms with Gasteiger partial charge in [0.15, 0.2) is 5.96 Å². The van der Waals surface area contributed by atoms with Gasteiger partial charge in [0.1, 0.15) is 11.5 Å². The summed E-state index contributed by atoms with van der Waals surface area (Å²) in [5.74, 6) is 2.23. The van der Waals surface area contributed by atoms with Crippen LogP contribution in [0.15, 0.2) is 54.6 Å². The van der Waals surface area contributed by atoms with Gasteiger partial charge in [-0.3, -0.25) is 20.0 Å². The van der Waals surface area contributed by atoms with Gasteiger partial charge in [-0.15, -0.1) is 0 Å². The summed E-state index contributed by atoms with van der Waals surface area (Å²) in [4.78, 5) is 16.2. The van der Waals surface area contributed by atoms with Gasteiger partial charge in [0.2, 0.25) is 5.91 Å². The van der Waals surface area contributed by atoms with Crippen LogP contribution in [0.3, 0.4) is 0 Å². The van der Waals surface area contributed by atoms with Crippen molar-refractivity contribution in [3.05, 3.63) is 60.2 Å². The summed E-state index contributed by atoms with van der Waals surface area (Å²) >= 11 is 0. The predicted octanol–water partition coefficient (Wildman–Crippen LogP) is 3.84. The summed E-state index contributed by atoms with van der Waals surface area (Å²) in [6.45, 7) is 4.90. The highest BCUT2D eigenvalue weighted by Crippen LogP contribution is 2.33. The van der Waals surface area contributed by atoms with Crippen LogP contribution in [0.2, 0.25) is 0 Å². The molecule has 158 valence electrons. The number of amides is 1. The summed E-state index contributed by atoms with van der Waals surface area (Å²) in [6.07, 6.45) is 2.60. The maximum atomic E-state index is 12.3. The summed E-state index contributed by atoms with van der Waals surface area (Å²) in [7, 11) is 1.66. The normalized spacial score (nSPS) is 25.1. The molecule has 0 spiro atoms. The van der Waals surface area contributed by atoms with Crippen molar-refractivity contribution in [1.29, 1.82) is 5.41 Å².